The van der Waals surface area contributed by atoms with Crippen LogP contribution in [0.4, 0.5) is 11.8 Å². The van der Waals surface area contributed by atoms with Crippen LogP contribution in [-0.4, -0.2) is 65.1 Å². The summed E-state index contributed by atoms with van der Waals surface area (Å²) in [6.07, 6.45) is -0.761. The Bertz CT molecular complexity index is 1480. The predicted octanol–water partition coefficient (Wildman–Crippen LogP) is 0.891. The molecule has 0 radical (unpaired) electrons. The summed E-state index contributed by atoms with van der Waals surface area (Å²) >= 11 is 0. The molecule has 39 heavy (non-hydrogen) atoms. The highest BCUT2D eigenvalue weighted by atomic mass is 31.2. The number of imidazole rings is 1. The van der Waals surface area contributed by atoms with Crippen LogP contribution in [0.2, 0.25) is 0 Å². The van der Waals surface area contributed by atoms with Crippen LogP contribution in [0.15, 0.2) is 12.5 Å². The van der Waals surface area contributed by atoms with Crippen molar-refractivity contribution in [2.45, 2.75) is 64.4 Å². The highest BCUT2D eigenvalue weighted by Gasteiger charge is 2.54. The van der Waals surface area contributed by atoms with Gasteiger partial charge in [-0.3, -0.25) is 23.4 Å². The number of esters is 1. The lowest BCUT2D eigenvalue weighted by atomic mass is 9.96. The first-order valence-electron chi connectivity index (χ1n) is 12.0. The third kappa shape index (κ3) is 4.90. The first kappa shape index (κ1) is 27.2. The van der Waals surface area contributed by atoms with E-state index in [2.05, 4.69) is 19.9 Å². The Morgan fingerprint density at radius 2 is 2.10 bits per heavy atom. The molecule has 1 saturated heterocycles. The van der Waals surface area contributed by atoms with Crippen molar-refractivity contribution >= 4 is 36.7 Å². The van der Waals surface area contributed by atoms with E-state index in [1.165, 1.54) is 24.0 Å². The number of hydrogen-bond donors (Lipinski definition) is 4. The molecule has 3 aromatic heterocycles. The maximum Gasteiger partial charge on any atom is 0.530 e. The fraction of sp³-hybridized carbons (Fsp3) is 0.500. The first-order chi connectivity index (χ1) is 18.4. The van der Waals surface area contributed by atoms with Crippen LogP contribution in [0.25, 0.3) is 11.2 Å². The van der Waals surface area contributed by atoms with Gasteiger partial charge < -0.3 is 35.7 Å². The molecule has 1 unspecified atom stereocenters. The summed E-state index contributed by atoms with van der Waals surface area (Å²) in [6, 6.07) is 0. The van der Waals surface area contributed by atoms with Gasteiger partial charge in [0.25, 0.3) is 0 Å². The summed E-state index contributed by atoms with van der Waals surface area (Å²) in [7, 11) is -4.18. The Kier molecular flexibility index (Phi) is 6.95. The van der Waals surface area contributed by atoms with E-state index in [1.807, 2.05) is 0 Å². The minimum absolute atomic E-state index is 0.0377. The van der Waals surface area contributed by atoms with Gasteiger partial charge in [0.05, 0.1) is 25.2 Å². The number of nitrogen functional groups attached to an aromatic ring is 2. The van der Waals surface area contributed by atoms with E-state index in [0.29, 0.717) is 16.8 Å². The van der Waals surface area contributed by atoms with Crippen molar-refractivity contribution in [2.75, 3.05) is 18.1 Å². The van der Waals surface area contributed by atoms with E-state index in [9.17, 15) is 19.6 Å². The highest BCUT2D eigenvalue weighted by molar-refractivity contribution is 7.49. The number of rotatable bonds is 7. The number of nitrogens with zero attached hydrogens (tertiary/aromatic N) is 5. The van der Waals surface area contributed by atoms with Gasteiger partial charge in [-0.25, -0.2) is 9.55 Å². The van der Waals surface area contributed by atoms with Crippen molar-refractivity contribution in [3.63, 3.8) is 0 Å². The molecule has 6 N–H and O–H groups in total. The second-order valence-corrected chi connectivity index (χ2v) is 10.9. The number of aromatic nitrogens is 5. The molecule has 2 aliphatic heterocycles. The third-order valence-electron chi connectivity index (χ3n) is 6.52. The lowest BCUT2D eigenvalue weighted by molar-refractivity contribution is -0.144. The standard InChI is InChI=1S/C22H28N7O9P/c1-4-14(30)34-6-11-5-25-10(2)16-12(11)7-35-39(33,38-16)36-8-13-17(31)22(3,32)20(37-13)29-9-26-15-18(23)27-21(24)28-19(15)29/h5,9,13,17,20,31-32H,4,6-8H2,1-3H3,(H4,23,24,27,28)/t13-,17+,20-,22+,39?/m1/s1. The lowest BCUT2D eigenvalue weighted by Crippen LogP contribution is -2.44. The average molecular weight is 565 g/mol. The van der Waals surface area contributed by atoms with Crippen LogP contribution in [0.1, 0.15) is 43.3 Å². The van der Waals surface area contributed by atoms with Crippen molar-refractivity contribution in [1.82, 2.24) is 24.5 Å². The van der Waals surface area contributed by atoms with E-state index in [4.69, 9.17) is 34.5 Å². The van der Waals surface area contributed by atoms with Gasteiger partial charge in [0.1, 0.15) is 29.9 Å². The molecule has 1 fully saturated rings. The number of ether oxygens (including phenoxy) is 2. The van der Waals surface area contributed by atoms with Gasteiger partial charge in [-0.1, -0.05) is 6.92 Å². The monoisotopic (exact) mass is 565 g/mol. The number of fused-ring (bicyclic) bond motifs is 2. The largest absolute Gasteiger partial charge is 0.530 e. The fourth-order valence-electron chi connectivity index (χ4n) is 4.35. The quantitative estimate of drug-likeness (QED) is 0.230. The highest BCUT2D eigenvalue weighted by Crippen LogP contribution is 2.56. The predicted molar refractivity (Wildman–Crippen MR) is 133 cm³/mol. The van der Waals surface area contributed by atoms with Gasteiger partial charge >= 0.3 is 13.8 Å². The first-order valence-corrected chi connectivity index (χ1v) is 13.4. The minimum Gasteiger partial charge on any atom is -0.461 e. The van der Waals surface area contributed by atoms with Crippen LogP contribution >= 0.6 is 7.82 Å². The van der Waals surface area contributed by atoms with E-state index in [1.54, 1.807) is 13.8 Å². The normalized spacial score (nSPS) is 28.3. The van der Waals surface area contributed by atoms with Crippen LogP contribution in [0.3, 0.4) is 0 Å². The summed E-state index contributed by atoms with van der Waals surface area (Å²) in [5, 5.41) is 22.0. The molecular formula is C22H28N7O9P. The zero-order chi connectivity index (χ0) is 28.1. The van der Waals surface area contributed by atoms with Crippen molar-refractivity contribution in [2.24, 2.45) is 0 Å². The number of phosphoric ester groups is 1. The van der Waals surface area contributed by atoms with Gasteiger partial charge in [0.15, 0.2) is 23.4 Å². The summed E-state index contributed by atoms with van der Waals surface area (Å²) in [4.78, 5) is 27.9. The zero-order valence-electron chi connectivity index (χ0n) is 21.3. The molecule has 2 aliphatic rings. The van der Waals surface area contributed by atoms with E-state index < -0.39 is 38.5 Å². The molecule has 5 heterocycles. The Labute approximate surface area is 221 Å². The van der Waals surface area contributed by atoms with E-state index >= 15 is 0 Å². The van der Waals surface area contributed by atoms with Crippen LogP contribution in [0.5, 0.6) is 5.75 Å². The molecule has 210 valence electrons. The number of carbonyl (C=O) groups is 1. The summed E-state index contributed by atoms with van der Waals surface area (Å²) < 4.78 is 42.3. The number of nitrogens with two attached hydrogens (primary N) is 2. The molecular weight excluding hydrogens is 537 g/mol. The zero-order valence-corrected chi connectivity index (χ0v) is 22.2. The number of hydrogen-bond acceptors (Lipinski definition) is 15. The van der Waals surface area contributed by atoms with E-state index in [-0.39, 0.29) is 54.3 Å². The van der Waals surface area contributed by atoms with Gasteiger partial charge in [-0.2, -0.15) is 9.97 Å². The van der Waals surface area contributed by atoms with Crippen molar-refractivity contribution in [3.8, 4) is 5.75 Å². The molecule has 16 nitrogen and oxygen atoms in total. The third-order valence-corrected chi connectivity index (χ3v) is 7.84. The Morgan fingerprint density at radius 3 is 2.85 bits per heavy atom. The van der Waals surface area contributed by atoms with Gasteiger partial charge in [0, 0.05) is 23.7 Å². The summed E-state index contributed by atoms with van der Waals surface area (Å²) in [5.74, 6) is -0.271. The maximum atomic E-state index is 13.3. The summed E-state index contributed by atoms with van der Waals surface area (Å²) in [6.45, 7) is 4.01. The Morgan fingerprint density at radius 1 is 1.33 bits per heavy atom. The minimum atomic E-state index is -4.18. The fourth-order valence-corrected chi connectivity index (χ4v) is 5.62. The molecule has 17 heteroatoms. The van der Waals surface area contributed by atoms with E-state index in [0.717, 1.165) is 0 Å². The van der Waals surface area contributed by atoms with Crippen molar-refractivity contribution in [3.05, 3.63) is 29.3 Å². The smallest absolute Gasteiger partial charge is 0.461 e. The number of aliphatic hydroxyl groups excluding tert-OH is 1. The van der Waals surface area contributed by atoms with Crippen LogP contribution in [0, 0.1) is 6.92 Å². The second-order valence-electron chi connectivity index (χ2n) is 9.29. The van der Waals surface area contributed by atoms with Crippen LogP contribution in [-0.2, 0) is 41.1 Å². The molecule has 0 aliphatic carbocycles. The topological polar surface area (TPSA) is 229 Å². The molecule has 3 aromatic rings. The molecule has 5 atom stereocenters. The number of carbonyl (C=O) groups excluding carboxylic acids is 1. The number of phosphoric acid groups is 1. The Balaban J connectivity index is 1.32. The van der Waals surface area contributed by atoms with Gasteiger partial charge in [-0.15, -0.1) is 0 Å². The molecule has 0 saturated carbocycles. The number of pyridine rings is 1. The SMILES string of the molecule is CCC(=O)OCc1cnc(C)c2c1COP(=O)(OC[C@H]1O[C@@H](n3cnc4c(N)nc(N)nc43)[C@@](C)(O)[C@H]1O)O2. The second kappa shape index (κ2) is 9.97. The van der Waals surface area contributed by atoms with Crippen molar-refractivity contribution in [1.29, 1.82) is 0 Å². The summed E-state index contributed by atoms with van der Waals surface area (Å²) in [5.41, 5.74) is 11.6. The van der Waals surface area contributed by atoms with Crippen LogP contribution < -0.4 is 16.0 Å². The number of aryl methyl sites for hydroxylation is 1. The van der Waals surface area contributed by atoms with Crippen molar-refractivity contribution < 1.29 is 42.6 Å². The maximum absolute atomic E-state index is 13.3. The number of anilines is 2. The lowest BCUT2D eigenvalue weighted by Gasteiger charge is -2.28. The molecule has 0 bridgehead atoms. The molecule has 0 amide bonds. The van der Waals surface area contributed by atoms with Gasteiger partial charge in [-0.05, 0) is 13.8 Å². The molecule has 0 aromatic carbocycles. The Hall–Kier alpha value is -3.40. The molecule has 0 spiro atoms. The number of aliphatic hydroxyl groups is 2. The average Bonchev–Trinajstić information content (AvgIpc) is 3.40. The molecule has 5 rings (SSSR count). The van der Waals surface area contributed by atoms with Gasteiger partial charge in [0.2, 0.25) is 5.95 Å².